The molecule has 1 aromatic heterocycles. The number of rotatable bonds is 6. The van der Waals surface area contributed by atoms with E-state index >= 15 is 0 Å². The highest BCUT2D eigenvalue weighted by molar-refractivity contribution is 6.23. The van der Waals surface area contributed by atoms with Gasteiger partial charge in [0.15, 0.2) is 0 Å². The topological polar surface area (TPSA) is 16.4 Å². The molecule has 9 aromatic carbocycles. The van der Waals surface area contributed by atoms with Crippen molar-refractivity contribution in [2.24, 2.45) is 0 Å². The van der Waals surface area contributed by atoms with Crippen LogP contribution in [-0.4, -0.2) is 0 Å². The van der Waals surface area contributed by atoms with E-state index in [0.29, 0.717) is 0 Å². The van der Waals surface area contributed by atoms with E-state index in [4.69, 9.17) is 4.42 Å². The zero-order valence-corrected chi connectivity index (χ0v) is 30.8. The number of hydrogen-bond acceptors (Lipinski definition) is 2. The van der Waals surface area contributed by atoms with E-state index in [1.807, 2.05) is 0 Å². The molecule has 0 aliphatic heterocycles. The molecule has 0 bridgehead atoms. The van der Waals surface area contributed by atoms with Crippen LogP contribution >= 0.6 is 0 Å². The van der Waals surface area contributed by atoms with Crippen LogP contribution in [0, 0.1) is 0 Å². The summed E-state index contributed by atoms with van der Waals surface area (Å²) in [5.41, 5.74) is 12.6. The van der Waals surface area contributed by atoms with Crippen LogP contribution in [0.4, 0.5) is 11.4 Å². The van der Waals surface area contributed by atoms with Crippen LogP contribution in [0.15, 0.2) is 210 Å². The van der Waals surface area contributed by atoms with Crippen molar-refractivity contribution in [3.8, 4) is 22.3 Å². The fourth-order valence-corrected chi connectivity index (χ4v) is 8.85. The van der Waals surface area contributed by atoms with Crippen LogP contribution in [0.3, 0.4) is 0 Å². The van der Waals surface area contributed by atoms with Crippen molar-refractivity contribution in [1.82, 2.24) is 0 Å². The van der Waals surface area contributed by atoms with E-state index in [1.165, 1.54) is 60.6 Å². The second-order valence-electron chi connectivity index (χ2n) is 14.7. The van der Waals surface area contributed by atoms with Crippen molar-refractivity contribution < 1.29 is 4.42 Å². The standard InChI is InChI=1S/C54H37NO/c1-2-14-36(15-3-1)38-28-31-40(32-29-38)44-21-10-11-25-49(44)55(50-26-12-19-39-17-6-7-20-43(39)50)51-35-48-53-45(42-33-30-37-16-4-5-18-41(37)34-42)24-13-27-52(53)56-54(48)47-23-9-8-22-46(47)51/h1-9,11-20,22-35H,10,21H2. The molecule has 2 nitrogen and oxygen atoms in total. The number of fused-ring (bicyclic) bond motifs is 7. The van der Waals surface area contributed by atoms with Gasteiger partial charge in [0.1, 0.15) is 11.2 Å². The summed E-state index contributed by atoms with van der Waals surface area (Å²) >= 11 is 0. The molecular formula is C54H37NO. The molecule has 0 amide bonds. The van der Waals surface area contributed by atoms with Gasteiger partial charge in [0, 0.05) is 32.6 Å². The highest BCUT2D eigenvalue weighted by atomic mass is 16.3. The van der Waals surface area contributed by atoms with Crippen LogP contribution in [0.5, 0.6) is 0 Å². The Kier molecular flexibility index (Phi) is 7.67. The van der Waals surface area contributed by atoms with Crippen LogP contribution in [0.25, 0.3) is 82.1 Å². The van der Waals surface area contributed by atoms with Crippen molar-refractivity contribution in [2.45, 2.75) is 12.8 Å². The van der Waals surface area contributed by atoms with Gasteiger partial charge in [0.2, 0.25) is 0 Å². The molecule has 1 heterocycles. The Morgan fingerprint density at radius 2 is 1.09 bits per heavy atom. The largest absolute Gasteiger partial charge is 0.455 e. The predicted octanol–water partition coefficient (Wildman–Crippen LogP) is 15.3. The first-order chi connectivity index (χ1) is 27.8. The first-order valence-corrected chi connectivity index (χ1v) is 19.5. The number of furan rings is 1. The van der Waals surface area contributed by atoms with Crippen LogP contribution in [-0.2, 0) is 0 Å². The second-order valence-corrected chi connectivity index (χ2v) is 14.7. The summed E-state index contributed by atoms with van der Waals surface area (Å²) in [5, 5.41) is 9.36. The quantitative estimate of drug-likeness (QED) is 0.170. The normalized spacial score (nSPS) is 13.1. The number of allylic oxidation sites excluding steroid dienone is 3. The maximum absolute atomic E-state index is 6.87. The second kappa shape index (κ2) is 13.3. The van der Waals surface area contributed by atoms with E-state index in [2.05, 4.69) is 205 Å². The molecule has 0 atom stereocenters. The Hall–Kier alpha value is -7.16. The SMILES string of the molecule is C1=CC(N(c2cccc3ccccc23)c2cc3c(oc4cccc(-c5ccc6ccccc6c5)c43)c3ccccc23)=C(c2ccc(-c3ccccc3)cc2)CC1. The molecular weight excluding hydrogens is 679 g/mol. The highest BCUT2D eigenvalue weighted by Crippen LogP contribution is 2.48. The van der Waals surface area contributed by atoms with Crippen molar-refractivity contribution in [3.63, 3.8) is 0 Å². The third-order valence-electron chi connectivity index (χ3n) is 11.5. The van der Waals surface area contributed by atoms with Gasteiger partial charge in [-0.3, -0.25) is 0 Å². The van der Waals surface area contributed by atoms with E-state index in [-0.39, 0.29) is 0 Å². The Balaban J connectivity index is 1.20. The maximum Gasteiger partial charge on any atom is 0.143 e. The number of hydrogen-bond donors (Lipinski definition) is 0. The van der Waals surface area contributed by atoms with Gasteiger partial charge in [0.05, 0.1) is 11.4 Å². The summed E-state index contributed by atoms with van der Waals surface area (Å²) in [4.78, 5) is 2.53. The lowest BCUT2D eigenvalue weighted by Crippen LogP contribution is -2.19. The average Bonchev–Trinajstić information content (AvgIpc) is 3.66. The molecule has 1 aliphatic rings. The van der Waals surface area contributed by atoms with Gasteiger partial charge in [-0.05, 0) is 92.7 Å². The molecule has 0 saturated carbocycles. The Morgan fingerprint density at radius 3 is 1.95 bits per heavy atom. The third kappa shape index (κ3) is 5.33. The lowest BCUT2D eigenvalue weighted by Gasteiger charge is -2.32. The Bertz CT molecular complexity index is 3180. The Labute approximate surface area is 325 Å². The molecule has 0 spiro atoms. The minimum Gasteiger partial charge on any atom is -0.455 e. The van der Waals surface area contributed by atoms with Crippen molar-refractivity contribution in [1.29, 1.82) is 0 Å². The van der Waals surface area contributed by atoms with E-state index < -0.39 is 0 Å². The van der Waals surface area contributed by atoms with Gasteiger partial charge < -0.3 is 9.32 Å². The fourth-order valence-electron chi connectivity index (χ4n) is 8.85. The van der Waals surface area contributed by atoms with E-state index in [9.17, 15) is 0 Å². The van der Waals surface area contributed by atoms with Crippen LogP contribution in [0.1, 0.15) is 18.4 Å². The third-order valence-corrected chi connectivity index (χ3v) is 11.5. The molecule has 0 unspecified atom stereocenters. The summed E-state index contributed by atoms with van der Waals surface area (Å²) in [6, 6.07) is 68.2. The molecule has 11 rings (SSSR count). The first-order valence-electron chi connectivity index (χ1n) is 19.5. The van der Waals surface area contributed by atoms with Crippen LogP contribution in [0.2, 0.25) is 0 Å². The highest BCUT2D eigenvalue weighted by Gasteiger charge is 2.26. The predicted molar refractivity (Wildman–Crippen MR) is 237 cm³/mol. The molecule has 10 aromatic rings. The smallest absolute Gasteiger partial charge is 0.143 e. The van der Waals surface area contributed by atoms with Gasteiger partial charge in [-0.15, -0.1) is 0 Å². The van der Waals surface area contributed by atoms with Gasteiger partial charge in [-0.2, -0.15) is 0 Å². The molecule has 0 fully saturated rings. The summed E-state index contributed by atoms with van der Waals surface area (Å²) < 4.78 is 6.87. The monoisotopic (exact) mass is 715 g/mol. The lowest BCUT2D eigenvalue weighted by molar-refractivity contribution is 0.673. The molecule has 1 aliphatic carbocycles. The van der Waals surface area contributed by atoms with E-state index in [0.717, 1.165) is 56.9 Å². The number of benzene rings is 9. The summed E-state index contributed by atoms with van der Waals surface area (Å²) in [6.07, 6.45) is 6.61. The molecule has 56 heavy (non-hydrogen) atoms. The van der Waals surface area contributed by atoms with Gasteiger partial charge in [-0.1, -0.05) is 170 Å². The van der Waals surface area contributed by atoms with Crippen molar-refractivity contribution in [3.05, 3.63) is 211 Å². The molecule has 2 heteroatoms. The average molecular weight is 716 g/mol. The fraction of sp³-hybridized carbons (Fsp3) is 0.0370. The number of anilines is 2. The first kappa shape index (κ1) is 32.3. The Morgan fingerprint density at radius 1 is 0.429 bits per heavy atom. The van der Waals surface area contributed by atoms with Crippen molar-refractivity contribution >= 4 is 71.2 Å². The van der Waals surface area contributed by atoms with E-state index in [1.54, 1.807) is 0 Å². The summed E-state index contributed by atoms with van der Waals surface area (Å²) in [5.74, 6) is 0. The zero-order valence-electron chi connectivity index (χ0n) is 30.8. The zero-order chi connectivity index (χ0) is 37.0. The summed E-state index contributed by atoms with van der Waals surface area (Å²) in [7, 11) is 0. The summed E-state index contributed by atoms with van der Waals surface area (Å²) in [6.45, 7) is 0. The maximum atomic E-state index is 6.87. The van der Waals surface area contributed by atoms with Gasteiger partial charge in [0.25, 0.3) is 0 Å². The minimum atomic E-state index is 0.889. The molecule has 264 valence electrons. The number of nitrogens with zero attached hydrogens (tertiary/aromatic N) is 1. The molecule has 0 saturated heterocycles. The lowest BCUT2D eigenvalue weighted by atomic mass is 9.91. The van der Waals surface area contributed by atoms with Gasteiger partial charge in [-0.25, -0.2) is 0 Å². The van der Waals surface area contributed by atoms with Gasteiger partial charge >= 0.3 is 0 Å². The van der Waals surface area contributed by atoms with Crippen LogP contribution < -0.4 is 4.90 Å². The molecule has 0 radical (unpaired) electrons. The van der Waals surface area contributed by atoms with Crippen molar-refractivity contribution in [2.75, 3.05) is 4.90 Å². The minimum absolute atomic E-state index is 0.889. The molecule has 0 N–H and O–H groups in total.